The first-order valence-corrected chi connectivity index (χ1v) is 8.53. The van der Waals surface area contributed by atoms with E-state index in [9.17, 15) is 0 Å². The third-order valence-electron chi connectivity index (χ3n) is 4.52. The SMILES string of the molecule is c1ccc(-c2cccc3c2Nc2nccnc2N3c2ccccc2)cc1. The fourth-order valence-electron chi connectivity index (χ4n) is 3.37. The number of anilines is 5. The highest BCUT2D eigenvalue weighted by Crippen LogP contribution is 2.49. The highest BCUT2D eigenvalue weighted by molar-refractivity contribution is 6.00. The van der Waals surface area contributed by atoms with Crippen LogP contribution in [0.4, 0.5) is 28.7 Å². The van der Waals surface area contributed by atoms with E-state index in [1.807, 2.05) is 24.3 Å². The number of para-hydroxylation sites is 2. The minimum Gasteiger partial charge on any atom is -0.335 e. The van der Waals surface area contributed by atoms with Crippen molar-refractivity contribution in [2.45, 2.75) is 0 Å². The Kier molecular flexibility index (Phi) is 3.39. The third-order valence-corrected chi connectivity index (χ3v) is 4.52. The van der Waals surface area contributed by atoms with Gasteiger partial charge in [0.15, 0.2) is 11.6 Å². The molecule has 0 saturated heterocycles. The van der Waals surface area contributed by atoms with Crippen LogP contribution in [0.5, 0.6) is 0 Å². The topological polar surface area (TPSA) is 41.1 Å². The van der Waals surface area contributed by atoms with Gasteiger partial charge in [0.25, 0.3) is 0 Å². The molecule has 1 aromatic heterocycles. The van der Waals surface area contributed by atoms with Gasteiger partial charge in [0.1, 0.15) is 0 Å². The van der Waals surface area contributed by atoms with Crippen molar-refractivity contribution in [3.63, 3.8) is 0 Å². The van der Waals surface area contributed by atoms with Gasteiger partial charge in [-0.2, -0.15) is 0 Å². The van der Waals surface area contributed by atoms with Crippen molar-refractivity contribution in [1.29, 1.82) is 0 Å². The molecule has 0 bridgehead atoms. The quantitative estimate of drug-likeness (QED) is 0.451. The van der Waals surface area contributed by atoms with Crippen molar-refractivity contribution in [1.82, 2.24) is 9.97 Å². The van der Waals surface area contributed by atoms with Crippen molar-refractivity contribution in [2.24, 2.45) is 0 Å². The smallest absolute Gasteiger partial charge is 0.181 e. The third kappa shape index (κ3) is 2.31. The second-order valence-electron chi connectivity index (χ2n) is 6.09. The molecule has 4 nitrogen and oxygen atoms in total. The van der Waals surface area contributed by atoms with Crippen molar-refractivity contribution in [3.8, 4) is 11.1 Å². The van der Waals surface area contributed by atoms with Crippen LogP contribution in [0.15, 0.2) is 91.3 Å². The number of benzene rings is 3. The van der Waals surface area contributed by atoms with Gasteiger partial charge in [-0.3, -0.25) is 4.90 Å². The lowest BCUT2D eigenvalue weighted by Gasteiger charge is -2.33. The standard InChI is InChI=1S/C22H16N4/c1-3-8-16(9-4-1)18-12-7-13-19-20(18)25-21-22(24-15-14-23-21)26(19)17-10-5-2-6-11-17/h1-15H,(H,23,25). The highest BCUT2D eigenvalue weighted by atomic mass is 15.3. The van der Waals surface area contributed by atoms with Gasteiger partial charge in [-0.05, 0) is 23.8 Å². The average molecular weight is 336 g/mol. The van der Waals surface area contributed by atoms with Crippen molar-refractivity contribution in [2.75, 3.05) is 10.2 Å². The number of hydrogen-bond acceptors (Lipinski definition) is 4. The van der Waals surface area contributed by atoms with Crippen LogP contribution in [-0.4, -0.2) is 9.97 Å². The summed E-state index contributed by atoms with van der Waals surface area (Å²) in [6, 6.07) is 27.0. The minimum absolute atomic E-state index is 0.757. The number of fused-ring (bicyclic) bond motifs is 2. The molecule has 1 N–H and O–H groups in total. The molecule has 0 unspecified atom stereocenters. The first-order chi connectivity index (χ1) is 12.9. The lowest BCUT2D eigenvalue weighted by molar-refractivity contribution is 1.11. The number of rotatable bonds is 2. The molecule has 0 atom stereocenters. The van der Waals surface area contributed by atoms with E-state index < -0.39 is 0 Å². The molecule has 0 spiro atoms. The lowest BCUT2D eigenvalue weighted by Crippen LogP contribution is -2.20. The van der Waals surface area contributed by atoms with E-state index in [1.165, 1.54) is 0 Å². The Morgan fingerprint density at radius 1 is 0.692 bits per heavy atom. The van der Waals surface area contributed by atoms with Gasteiger partial charge in [-0.15, -0.1) is 0 Å². The zero-order chi connectivity index (χ0) is 17.3. The molecule has 3 aromatic carbocycles. The van der Waals surface area contributed by atoms with Gasteiger partial charge in [0.05, 0.1) is 11.4 Å². The second-order valence-corrected chi connectivity index (χ2v) is 6.09. The Labute approximate surface area is 151 Å². The number of nitrogens with one attached hydrogen (secondary N) is 1. The summed E-state index contributed by atoms with van der Waals surface area (Å²) in [7, 11) is 0. The summed E-state index contributed by atoms with van der Waals surface area (Å²) in [6.07, 6.45) is 3.44. The fraction of sp³-hybridized carbons (Fsp3) is 0. The van der Waals surface area contributed by atoms with Crippen LogP contribution in [0.2, 0.25) is 0 Å². The van der Waals surface area contributed by atoms with Crippen LogP contribution in [0.25, 0.3) is 11.1 Å². The lowest BCUT2D eigenvalue weighted by atomic mass is 10.0. The molecule has 124 valence electrons. The summed E-state index contributed by atoms with van der Waals surface area (Å²) in [5.74, 6) is 1.56. The van der Waals surface area contributed by atoms with E-state index in [2.05, 4.69) is 74.8 Å². The molecule has 0 radical (unpaired) electrons. The average Bonchev–Trinajstić information content (AvgIpc) is 2.73. The van der Waals surface area contributed by atoms with E-state index in [0.717, 1.165) is 39.8 Å². The Morgan fingerprint density at radius 2 is 1.42 bits per heavy atom. The molecular weight excluding hydrogens is 320 g/mol. The van der Waals surface area contributed by atoms with Gasteiger partial charge >= 0.3 is 0 Å². The summed E-state index contributed by atoms with van der Waals surface area (Å²) in [5, 5.41) is 3.49. The predicted molar refractivity (Wildman–Crippen MR) is 105 cm³/mol. The summed E-state index contributed by atoms with van der Waals surface area (Å²) >= 11 is 0. The van der Waals surface area contributed by atoms with E-state index in [4.69, 9.17) is 0 Å². The maximum atomic E-state index is 4.58. The van der Waals surface area contributed by atoms with E-state index in [-0.39, 0.29) is 0 Å². The predicted octanol–water partition coefficient (Wildman–Crippen LogP) is 5.67. The van der Waals surface area contributed by atoms with Gasteiger partial charge < -0.3 is 5.32 Å². The Bertz CT molecular complexity index is 1060. The van der Waals surface area contributed by atoms with Crippen molar-refractivity contribution < 1.29 is 0 Å². The number of aromatic nitrogens is 2. The largest absolute Gasteiger partial charge is 0.335 e. The maximum Gasteiger partial charge on any atom is 0.181 e. The van der Waals surface area contributed by atoms with Gasteiger partial charge in [-0.1, -0.05) is 60.7 Å². The molecule has 0 amide bonds. The zero-order valence-corrected chi connectivity index (χ0v) is 14.0. The van der Waals surface area contributed by atoms with Crippen LogP contribution in [0.1, 0.15) is 0 Å². The number of nitrogens with zero attached hydrogens (tertiary/aromatic N) is 3. The van der Waals surface area contributed by atoms with Gasteiger partial charge in [0.2, 0.25) is 0 Å². The molecule has 0 saturated carbocycles. The Morgan fingerprint density at radius 3 is 2.23 bits per heavy atom. The summed E-state index contributed by atoms with van der Waals surface area (Å²) in [5.41, 5.74) is 5.46. The van der Waals surface area contributed by atoms with Crippen molar-refractivity contribution in [3.05, 3.63) is 91.3 Å². The maximum absolute atomic E-state index is 4.58. The van der Waals surface area contributed by atoms with Gasteiger partial charge in [-0.25, -0.2) is 9.97 Å². The van der Waals surface area contributed by atoms with Crippen LogP contribution in [0.3, 0.4) is 0 Å². The zero-order valence-electron chi connectivity index (χ0n) is 14.0. The molecule has 26 heavy (non-hydrogen) atoms. The molecule has 4 heteroatoms. The van der Waals surface area contributed by atoms with E-state index in [1.54, 1.807) is 12.4 Å². The molecule has 1 aliphatic heterocycles. The van der Waals surface area contributed by atoms with E-state index >= 15 is 0 Å². The molecule has 2 heterocycles. The summed E-state index contributed by atoms with van der Waals surface area (Å²) < 4.78 is 0. The molecule has 0 aliphatic carbocycles. The Hall–Kier alpha value is -3.66. The van der Waals surface area contributed by atoms with Crippen LogP contribution in [0, 0.1) is 0 Å². The highest BCUT2D eigenvalue weighted by Gasteiger charge is 2.27. The van der Waals surface area contributed by atoms with Crippen LogP contribution in [-0.2, 0) is 0 Å². The minimum atomic E-state index is 0.757. The monoisotopic (exact) mass is 336 g/mol. The van der Waals surface area contributed by atoms with Gasteiger partial charge in [0, 0.05) is 23.6 Å². The molecule has 1 aliphatic rings. The first-order valence-electron chi connectivity index (χ1n) is 8.53. The summed E-state index contributed by atoms with van der Waals surface area (Å²) in [4.78, 5) is 11.2. The van der Waals surface area contributed by atoms with E-state index in [0.29, 0.717) is 0 Å². The Balaban J connectivity index is 1.77. The van der Waals surface area contributed by atoms with Crippen LogP contribution >= 0.6 is 0 Å². The van der Waals surface area contributed by atoms with Crippen molar-refractivity contribution >= 4 is 28.7 Å². The summed E-state index contributed by atoms with van der Waals surface area (Å²) in [6.45, 7) is 0. The molecule has 0 fully saturated rings. The first kappa shape index (κ1) is 14.7. The molecule has 4 aromatic rings. The fourth-order valence-corrected chi connectivity index (χ4v) is 3.37. The molecule has 5 rings (SSSR count). The normalized spacial score (nSPS) is 12.1. The number of hydrogen-bond donors (Lipinski definition) is 1. The molecular formula is C22H16N4. The van der Waals surface area contributed by atoms with Crippen LogP contribution < -0.4 is 10.2 Å². The second kappa shape index (κ2) is 6.01.